The Hall–Kier alpha value is -2.60. The van der Waals surface area contributed by atoms with Crippen LogP contribution in [0.4, 0.5) is 0 Å². The van der Waals surface area contributed by atoms with Crippen molar-refractivity contribution >= 4 is 16.8 Å². The Bertz CT molecular complexity index is 863. The highest BCUT2D eigenvalue weighted by atomic mass is 16.5. The number of benzene rings is 1. The van der Waals surface area contributed by atoms with E-state index >= 15 is 0 Å². The molecule has 2 heterocycles. The van der Waals surface area contributed by atoms with Gasteiger partial charge in [0.15, 0.2) is 5.69 Å². The number of carbonyl (C=O) groups excluding carboxylic acids is 1. The molecule has 24 heavy (non-hydrogen) atoms. The fourth-order valence-electron chi connectivity index (χ4n) is 2.96. The van der Waals surface area contributed by atoms with Crippen LogP contribution in [0.3, 0.4) is 0 Å². The summed E-state index contributed by atoms with van der Waals surface area (Å²) in [5.41, 5.74) is 2.68. The third-order valence-electron chi connectivity index (χ3n) is 4.23. The quantitative estimate of drug-likeness (QED) is 0.782. The van der Waals surface area contributed by atoms with Gasteiger partial charge < -0.3 is 19.3 Å². The number of amides is 1. The lowest BCUT2D eigenvalue weighted by Gasteiger charge is -2.24. The van der Waals surface area contributed by atoms with Crippen LogP contribution >= 0.6 is 0 Å². The van der Waals surface area contributed by atoms with Gasteiger partial charge in [0.25, 0.3) is 5.91 Å². The summed E-state index contributed by atoms with van der Waals surface area (Å²) in [5.74, 6) is 0.400. The largest absolute Gasteiger partial charge is 0.361 e. The molecule has 6 nitrogen and oxygen atoms in total. The lowest BCUT2D eigenvalue weighted by Crippen LogP contribution is -2.34. The first-order valence-corrected chi connectivity index (χ1v) is 7.89. The van der Waals surface area contributed by atoms with Crippen LogP contribution in [0, 0.1) is 6.92 Å². The summed E-state index contributed by atoms with van der Waals surface area (Å²) in [5, 5.41) is 7.91. The summed E-state index contributed by atoms with van der Waals surface area (Å²) >= 11 is 0. The minimum Gasteiger partial charge on any atom is -0.361 e. The van der Waals surface area contributed by atoms with E-state index in [9.17, 15) is 4.79 Å². The number of aromatic nitrogens is 2. The van der Waals surface area contributed by atoms with Crippen LogP contribution in [0.2, 0.25) is 0 Å². The van der Waals surface area contributed by atoms with Crippen molar-refractivity contribution in [2.24, 2.45) is 7.05 Å². The van der Waals surface area contributed by atoms with Gasteiger partial charge in [-0.25, -0.2) is 0 Å². The summed E-state index contributed by atoms with van der Waals surface area (Å²) in [6.45, 7) is 2.26. The fraction of sp³-hybridized carbons (Fsp3) is 0.333. The highest BCUT2D eigenvalue weighted by Gasteiger charge is 2.21. The normalized spacial score (nSPS) is 12.7. The predicted molar refractivity (Wildman–Crippen MR) is 92.9 cm³/mol. The average Bonchev–Trinajstić information content (AvgIpc) is 3.12. The number of aryl methyl sites for hydroxylation is 2. The third kappa shape index (κ3) is 3.05. The summed E-state index contributed by atoms with van der Waals surface area (Å²) in [4.78, 5) is 14.3. The molecule has 0 aliphatic carbocycles. The van der Waals surface area contributed by atoms with Gasteiger partial charge in [-0.1, -0.05) is 23.4 Å². The second kappa shape index (κ2) is 6.49. The second-order valence-electron chi connectivity index (χ2n) is 6.22. The molecule has 1 unspecified atom stereocenters. The number of hydrogen-bond donors (Lipinski definition) is 1. The van der Waals surface area contributed by atoms with Gasteiger partial charge in [-0.15, -0.1) is 0 Å². The van der Waals surface area contributed by atoms with Gasteiger partial charge in [0.1, 0.15) is 5.76 Å². The van der Waals surface area contributed by atoms with Crippen LogP contribution in [0.25, 0.3) is 10.9 Å². The van der Waals surface area contributed by atoms with Crippen LogP contribution in [0.1, 0.15) is 27.9 Å². The van der Waals surface area contributed by atoms with Gasteiger partial charge >= 0.3 is 0 Å². The molecule has 1 amide bonds. The number of para-hydroxylation sites is 1. The Morgan fingerprint density at radius 2 is 2.12 bits per heavy atom. The van der Waals surface area contributed by atoms with Crippen molar-refractivity contribution in [3.8, 4) is 0 Å². The molecule has 1 N–H and O–H groups in total. The molecule has 0 saturated heterocycles. The number of nitrogens with one attached hydrogen (secondary N) is 1. The standard InChI is InChI=1S/C18H22N4O2/c1-12-9-15(20-24-12)18(23)19-10-17(21(2)3)14-11-22(4)16-8-6-5-7-13(14)16/h5-9,11,17H,10H2,1-4H3,(H,19,23). The van der Waals surface area contributed by atoms with Crippen LogP contribution in [0.5, 0.6) is 0 Å². The molecule has 0 bridgehead atoms. The number of hydrogen-bond acceptors (Lipinski definition) is 4. The van der Waals surface area contributed by atoms with E-state index < -0.39 is 0 Å². The zero-order valence-electron chi connectivity index (χ0n) is 14.4. The molecule has 6 heteroatoms. The summed E-state index contributed by atoms with van der Waals surface area (Å²) in [6, 6.07) is 9.98. The van der Waals surface area contributed by atoms with Crippen molar-refractivity contribution in [2.45, 2.75) is 13.0 Å². The van der Waals surface area contributed by atoms with Crippen LogP contribution in [0.15, 0.2) is 41.1 Å². The van der Waals surface area contributed by atoms with E-state index in [1.807, 2.05) is 33.3 Å². The summed E-state index contributed by atoms with van der Waals surface area (Å²) in [7, 11) is 6.06. The van der Waals surface area contributed by atoms with E-state index in [4.69, 9.17) is 4.52 Å². The minimum absolute atomic E-state index is 0.0630. The van der Waals surface area contributed by atoms with Gasteiger partial charge in [0.2, 0.25) is 0 Å². The van der Waals surface area contributed by atoms with Crippen LogP contribution < -0.4 is 5.32 Å². The number of fused-ring (bicyclic) bond motifs is 1. The van der Waals surface area contributed by atoms with Crippen molar-refractivity contribution in [1.29, 1.82) is 0 Å². The lowest BCUT2D eigenvalue weighted by atomic mass is 10.0. The van der Waals surface area contributed by atoms with E-state index in [0.29, 0.717) is 18.0 Å². The first-order chi connectivity index (χ1) is 11.5. The monoisotopic (exact) mass is 326 g/mol. The van der Waals surface area contributed by atoms with E-state index in [1.165, 1.54) is 16.5 Å². The Balaban J connectivity index is 1.83. The SMILES string of the molecule is Cc1cc(C(=O)NCC(c2cn(C)c3ccccc23)N(C)C)no1. The third-order valence-corrected chi connectivity index (χ3v) is 4.23. The van der Waals surface area contributed by atoms with Gasteiger partial charge in [-0.05, 0) is 32.6 Å². The zero-order valence-corrected chi connectivity index (χ0v) is 14.4. The Morgan fingerprint density at radius 3 is 2.79 bits per heavy atom. The molecular weight excluding hydrogens is 304 g/mol. The lowest BCUT2D eigenvalue weighted by molar-refractivity contribution is 0.0933. The van der Waals surface area contributed by atoms with E-state index in [2.05, 4.69) is 38.3 Å². The molecule has 1 atom stereocenters. The Morgan fingerprint density at radius 1 is 1.38 bits per heavy atom. The van der Waals surface area contributed by atoms with Crippen molar-refractivity contribution in [1.82, 2.24) is 19.9 Å². The molecule has 3 rings (SSSR count). The first-order valence-electron chi connectivity index (χ1n) is 7.89. The van der Waals surface area contributed by atoms with E-state index in [1.54, 1.807) is 13.0 Å². The topological polar surface area (TPSA) is 63.3 Å². The average molecular weight is 326 g/mol. The fourth-order valence-corrected chi connectivity index (χ4v) is 2.96. The first kappa shape index (κ1) is 16.3. The molecule has 0 fully saturated rings. The molecule has 0 aliphatic rings. The maximum Gasteiger partial charge on any atom is 0.273 e. The highest BCUT2D eigenvalue weighted by molar-refractivity contribution is 5.92. The second-order valence-corrected chi connectivity index (χ2v) is 6.22. The summed E-state index contributed by atoms with van der Waals surface area (Å²) in [6.07, 6.45) is 2.13. The molecule has 0 radical (unpaired) electrons. The number of rotatable bonds is 5. The number of carbonyl (C=O) groups is 1. The molecule has 0 saturated carbocycles. The summed E-state index contributed by atoms with van der Waals surface area (Å²) < 4.78 is 7.08. The number of likely N-dealkylation sites (N-methyl/N-ethyl adjacent to an activating group) is 1. The zero-order chi connectivity index (χ0) is 17.3. The van der Waals surface area contributed by atoms with Crippen molar-refractivity contribution < 1.29 is 9.32 Å². The van der Waals surface area contributed by atoms with Crippen LogP contribution in [-0.2, 0) is 7.05 Å². The van der Waals surface area contributed by atoms with Gasteiger partial charge in [0.05, 0.1) is 6.04 Å². The maximum atomic E-state index is 12.2. The van der Waals surface area contributed by atoms with E-state index in [0.717, 1.165) is 0 Å². The Kier molecular flexibility index (Phi) is 4.40. The minimum atomic E-state index is -0.223. The van der Waals surface area contributed by atoms with Gasteiger partial charge in [0, 0.05) is 36.8 Å². The van der Waals surface area contributed by atoms with Crippen molar-refractivity contribution in [3.63, 3.8) is 0 Å². The van der Waals surface area contributed by atoms with Crippen molar-refractivity contribution in [3.05, 3.63) is 53.5 Å². The molecule has 126 valence electrons. The molecule has 0 spiro atoms. The van der Waals surface area contributed by atoms with Crippen molar-refractivity contribution in [2.75, 3.05) is 20.6 Å². The highest BCUT2D eigenvalue weighted by Crippen LogP contribution is 2.28. The van der Waals surface area contributed by atoms with Gasteiger partial charge in [-0.3, -0.25) is 4.79 Å². The van der Waals surface area contributed by atoms with Gasteiger partial charge in [-0.2, -0.15) is 0 Å². The smallest absolute Gasteiger partial charge is 0.273 e. The predicted octanol–water partition coefficient (Wildman–Crippen LogP) is 2.51. The number of nitrogens with zero attached hydrogens (tertiary/aromatic N) is 3. The van der Waals surface area contributed by atoms with Crippen LogP contribution in [-0.4, -0.2) is 41.2 Å². The molecule has 1 aromatic carbocycles. The molecule has 2 aromatic heterocycles. The maximum absolute atomic E-state index is 12.2. The Labute approximate surface area is 141 Å². The molecule has 0 aliphatic heterocycles. The molecular formula is C18H22N4O2. The van der Waals surface area contributed by atoms with E-state index in [-0.39, 0.29) is 11.9 Å². The molecule has 3 aromatic rings.